The van der Waals surface area contributed by atoms with Crippen molar-refractivity contribution in [1.82, 2.24) is 10.6 Å². The maximum Gasteiger partial charge on any atom is 0.307 e. The van der Waals surface area contributed by atoms with Crippen molar-refractivity contribution >= 4 is 35.9 Å². The van der Waals surface area contributed by atoms with Crippen molar-refractivity contribution in [2.75, 3.05) is 20.1 Å². The van der Waals surface area contributed by atoms with Gasteiger partial charge in [-0.25, -0.2) is 0 Å². The number of hydrogen-bond donors (Lipinski definition) is 2. The number of ether oxygens (including phenoxy) is 1. The molecule has 5 nitrogen and oxygen atoms in total. The fraction of sp³-hybridized carbons (Fsp3) is 0.846. The standard InChI is InChI=1S/C13H27N3O2.HI/c1-10(2)6-8-15-13(14-5)16-9-7-12(17)18-11(3)4;/h10-11H,6-9H2,1-5H3,(H2,14,15,16);1H. The summed E-state index contributed by atoms with van der Waals surface area (Å²) in [5.41, 5.74) is 0. The number of carbonyl (C=O) groups excluding carboxylic acids is 1. The zero-order chi connectivity index (χ0) is 14.0. The second-order valence-corrected chi connectivity index (χ2v) is 4.90. The summed E-state index contributed by atoms with van der Waals surface area (Å²) < 4.78 is 5.04. The van der Waals surface area contributed by atoms with Crippen LogP contribution in [0.5, 0.6) is 0 Å². The predicted molar refractivity (Wildman–Crippen MR) is 90.1 cm³/mol. The van der Waals surface area contributed by atoms with Crippen LogP contribution in [-0.2, 0) is 9.53 Å². The quantitative estimate of drug-likeness (QED) is 0.305. The van der Waals surface area contributed by atoms with Crippen molar-refractivity contribution in [2.24, 2.45) is 10.9 Å². The van der Waals surface area contributed by atoms with E-state index in [9.17, 15) is 4.79 Å². The highest BCUT2D eigenvalue weighted by molar-refractivity contribution is 14.0. The lowest BCUT2D eigenvalue weighted by Crippen LogP contribution is -2.39. The third-order valence-electron chi connectivity index (χ3n) is 2.23. The lowest BCUT2D eigenvalue weighted by atomic mass is 10.1. The lowest BCUT2D eigenvalue weighted by Gasteiger charge is -2.13. The van der Waals surface area contributed by atoms with Crippen molar-refractivity contribution < 1.29 is 9.53 Å². The molecular weight excluding hydrogens is 357 g/mol. The highest BCUT2D eigenvalue weighted by atomic mass is 127. The molecule has 0 aromatic heterocycles. The number of guanidine groups is 1. The largest absolute Gasteiger partial charge is 0.463 e. The molecule has 0 saturated carbocycles. The third kappa shape index (κ3) is 13.7. The van der Waals surface area contributed by atoms with Gasteiger partial charge in [-0.2, -0.15) is 0 Å². The van der Waals surface area contributed by atoms with Crippen LogP contribution in [0.25, 0.3) is 0 Å². The molecule has 0 heterocycles. The van der Waals surface area contributed by atoms with Crippen LogP contribution in [-0.4, -0.2) is 38.2 Å². The Bertz CT molecular complexity index is 269. The minimum Gasteiger partial charge on any atom is -0.463 e. The van der Waals surface area contributed by atoms with Crippen molar-refractivity contribution in [3.63, 3.8) is 0 Å². The summed E-state index contributed by atoms with van der Waals surface area (Å²) in [6, 6.07) is 0. The third-order valence-corrected chi connectivity index (χ3v) is 2.23. The Labute approximate surface area is 134 Å². The van der Waals surface area contributed by atoms with Crippen molar-refractivity contribution in [1.29, 1.82) is 0 Å². The molecule has 114 valence electrons. The van der Waals surface area contributed by atoms with Crippen LogP contribution in [0.15, 0.2) is 4.99 Å². The molecule has 0 atom stereocenters. The molecule has 0 aliphatic rings. The molecule has 0 spiro atoms. The van der Waals surface area contributed by atoms with E-state index in [-0.39, 0.29) is 36.0 Å². The van der Waals surface area contributed by atoms with Crippen LogP contribution in [0.4, 0.5) is 0 Å². The molecule has 0 aromatic carbocycles. The fourth-order valence-corrected chi connectivity index (χ4v) is 1.30. The molecule has 0 rings (SSSR count). The monoisotopic (exact) mass is 385 g/mol. The Morgan fingerprint density at radius 1 is 1.16 bits per heavy atom. The van der Waals surface area contributed by atoms with Gasteiger partial charge in [0.2, 0.25) is 0 Å². The summed E-state index contributed by atoms with van der Waals surface area (Å²) >= 11 is 0. The van der Waals surface area contributed by atoms with Gasteiger partial charge >= 0.3 is 5.97 Å². The number of halogens is 1. The Balaban J connectivity index is 0. The van der Waals surface area contributed by atoms with Crippen molar-refractivity contribution in [3.8, 4) is 0 Å². The van der Waals surface area contributed by atoms with Gasteiger partial charge < -0.3 is 15.4 Å². The fourth-order valence-electron chi connectivity index (χ4n) is 1.30. The number of hydrogen-bond acceptors (Lipinski definition) is 3. The summed E-state index contributed by atoms with van der Waals surface area (Å²) in [6.45, 7) is 9.47. The van der Waals surface area contributed by atoms with Gasteiger partial charge in [0.25, 0.3) is 0 Å². The number of nitrogens with zero attached hydrogens (tertiary/aromatic N) is 1. The van der Waals surface area contributed by atoms with Gasteiger partial charge in [-0.05, 0) is 26.2 Å². The number of nitrogens with one attached hydrogen (secondary N) is 2. The summed E-state index contributed by atoms with van der Waals surface area (Å²) in [4.78, 5) is 15.4. The first kappa shape index (κ1) is 20.8. The van der Waals surface area contributed by atoms with E-state index in [4.69, 9.17) is 4.74 Å². The SMILES string of the molecule is CN=C(NCCC(=O)OC(C)C)NCCC(C)C.I. The van der Waals surface area contributed by atoms with E-state index in [2.05, 4.69) is 29.5 Å². The Morgan fingerprint density at radius 3 is 2.21 bits per heavy atom. The molecule has 0 radical (unpaired) electrons. The maximum absolute atomic E-state index is 11.3. The first-order valence-electron chi connectivity index (χ1n) is 6.59. The molecule has 0 unspecified atom stereocenters. The molecule has 19 heavy (non-hydrogen) atoms. The molecule has 0 fully saturated rings. The van der Waals surface area contributed by atoms with Crippen LogP contribution in [0.2, 0.25) is 0 Å². The second kappa shape index (κ2) is 12.5. The molecule has 0 saturated heterocycles. The summed E-state index contributed by atoms with van der Waals surface area (Å²) in [5.74, 6) is 1.21. The summed E-state index contributed by atoms with van der Waals surface area (Å²) in [7, 11) is 1.72. The maximum atomic E-state index is 11.3. The van der Waals surface area contributed by atoms with Crippen LogP contribution >= 0.6 is 24.0 Å². The number of aliphatic imine (C=N–C) groups is 1. The topological polar surface area (TPSA) is 62.7 Å². The van der Waals surface area contributed by atoms with Gasteiger partial charge in [0.15, 0.2) is 5.96 Å². The molecule has 2 N–H and O–H groups in total. The molecule has 0 amide bonds. The van der Waals surface area contributed by atoms with Crippen molar-refractivity contribution in [2.45, 2.75) is 46.6 Å². The minimum atomic E-state index is -0.185. The smallest absolute Gasteiger partial charge is 0.307 e. The molecule has 0 aliphatic carbocycles. The Kier molecular flexibility index (Phi) is 13.7. The highest BCUT2D eigenvalue weighted by Gasteiger charge is 2.05. The van der Waals surface area contributed by atoms with Crippen LogP contribution in [0.3, 0.4) is 0 Å². The van der Waals surface area contributed by atoms with Gasteiger partial charge in [-0.3, -0.25) is 9.79 Å². The number of rotatable bonds is 7. The normalized spacial score (nSPS) is 11.2. The molecule has 0 bridgehead atoms. The van der Waals surface area contributed by atoms with E-state index in [1.165, 1.54) is 0 Å². The first-order chi connectivity index (χ1) is 8.45. The average molecular weight is 385 g/mol. The van der Waals surface area contributed by atoms with E-state index >= 15 is 0 Å². The highest BCUT2D eigenvalue weighted by Crippen LogP contribution is 1.96. The molecular formula is C13H28IN3O2. The minimum absolute atomic E-state index is 0. The van der Waals surface area contributed by atoms with Crippen molar-refractivity contribution in [3.05, 3.63) is 0 Å². The van der Waals surface area contributed by atoms with E-state index in [1.807, 2.05) is 13.8 Å². The predicted octanol–water partition coefficient (Wildman–Crippen LogP) is 2.16. The van der Waals surface area contributed by atoms with E-state index < -0.39 is 0 Å². The van der Waals surface area contributed by atoms with Gasteiger partial charge in [-0.1, -0.05) is 13.8 Å². The molecule has 0 aliphatic heterocycles. The Morgan fingerprint density at radius 2 is 1.74 bits per heavy atom. The summed E-state index contributed by atoms with van der Waals surface area (Å²) in [6.07, 6.45) is 1.39. The van der Waals surface area contributed by atoms with Gasteiger partial charge in [0.05, 0.1) is 12.5 Å². The molecule has 0 aromatic rings. The average Bonchev–Trinajstić information content (AvgIpc) is 2.25. The van der Waals surface area contributed by atoms with Gasteiger partial charge in [0.1, 0.15) is 0 Å². The second-order valence-electron chi connectivity index (χ2n) is 4.90. The zero-order valence-electron chi connectivity index (χ0n) is 12.7. The lowest BCUT2D eigenvalue weighted by molar-refractivity contribution is -0.147. The first-order valence-corrected chi connectivity index (χ1v) is 6.59. The van der Waals surface area contributed by atoms with Crippen LogP contribution in [0.1, 0.15) is 40.5 Å². The van der Waals surface area contributed by atoms with E-state index in [0.29, 0.717) is 18.9 Å². The zero-order valence-corrected chi connectivity index (χ0v) is 15.0. The van der Waals surface area contributed by atoms with E-state index in [1.54, 1.807) is 7.05 Å². The molecule has 6 heteroatoms. The van der Waals surface area contributed by atoms with Crippen LogP contribution in [0, 0.1) is 5.92 Å². The van der Waals surface area contributed by atoms with Gasteiger partial charge in [0, 0.05) is 20.1 Å². The Hall–Kier alpha value is -0.530. The number of esters is 1. The number of carbonyl (C=O) groups is 1. The van der Waals surface area contributed by atoms with E-state index in [0.717, 1.165) is 18.9 Å². The van der Waals surface area contributed by atoms with Gasteiger partial charge in [-0.15, -0.1) is 24.0 Å². The van der Waals surface area contributed by atoms with Crippen LogP contribution < -0.4 is 10.6 Å². The summed E-state index contributed by atoms with van der Waals surface area (Å²) in [5, 5.41) is 6.29.